The Morgan fingerprint density at radius 1 is 0.500 bits per heavy atom. The molecule has 0 bridgehead atoms. The second-order valence-corrected chi connectivity index (χ2v) is 13.8. The third-order valence-electron chi connectivity index (χ3n) is 9.21. The fourth-order valence-electron chi connectivity index (χ4n) is 6.17. The quantitative estimate of drug-likeness (QED) is 0.0531. The third-order valence-corrected chi connectivity index (χ3v) is 9.21. The van der Waals surface area contributed by atoms with Crippen molar-refractivity contribution in [1.82, 2.24) is 4.90 Å². The molecule has 274 valence electrons. The average molecular weight is 653 g/mol. The summed E-state index contributed by atoms with van der Waals surface area (Å²) in [7, 11) is 0. The summed E-state index contributed by atoms with van der Waals surface area (Å²) in [5, 5.41) is 0. The van der Waals surface area contributed by atoms with Crippen molar-refractivity contribution in [3.63, 3.8) is 0 Å². The zero-order valence-electron chi connectivity index (χ0n) is 31.3. The minimum Gasteiger partial charge on any atom is -0.466 e. The number of carbonyl (C=O) groups excluding carboxylic acids is 2. The van der Waals surface area contributed by atoms with Crippen LogP contribution in [0.2, 0.25) is 0 Å². The van der Waals surface area contributed by atoms with Crippen molar-refractivity contribution >= 4 is 11.9 Å². The summed E-state index contributed by atoms with van der Waals surface area (Å²) in [5.74, 6) is -0.0129. The monoisotopic (exact) mass is 653 g/mol. The summed E-state index contributed by atoms with van der Waals surface area (Å²) < 4.78 is 11.3. The lowest BCUT2D eigenvalue weighted by molar-refractivity contribution is -0.150. The first-order chi connectivity index (χ1) is 22.6. The van der Waals surface area contributed by atoms with E-state index < -0.39 is 0 Å². The highest BCUT2D eigenvalue weighted by Gasteiger charge is 2.15. The fourth-order valence-corrected chi connectivity index (χ4v) is 6.17. The number of unbranched alkanes of at least 4 members (excludes halogenated alkanes) is 19. The normalized spacial score (nSPS) is 11.5. The molecule has 2 N–H and O–H groups in total. The van der Waals surface area contributed by atoms with Crippen molar-refractivity contribution in [2.75, 3.05) is 32.8 Å². The van der Waals surface area contributed by atoms with Crippen LogP contribution in [-0.2, 0) is 19.1 Å². The minimum absolute atomic E-state index is 0.0133. The van der Waals surface area contributed by atoms with Crippen molar-refractivity contribution < 1.29 is 19.1 Å². The highest BCUT2D eigenvalue weighted by atomic mass is 16.5. The van der Waals surface area contributed by atoms with Crippen molar-refractivity contribution in [3.05, 3.63) is 0 Å². The maximum atomic E-state index is 12.8. The van der Waals surface area contributed by atoms with Gasteiger partial charge in [-0.05, 0) is 90.4 Å². The predicted octanol–water partition coefficient (Wildman–Crippen LogP) is 11.1. The van der Waals surface area contributed by atoms with Crippen molar-refractivity contribution in [1.29, 1.82) is 0 Å². The van der Waals surface area contributed by atoms with Gasteiger partial charge < -0.3 is 20.1 Å². The van der Waals surface area contributed by atoms with Gasteiger partial charge in [-0.1, -0.05) is 130 Å². The van der Waals surface area contributed by atoms with Gasteiger partial charge in [-0.2, -0.15) is 0 Å². The van der Waals surface area contributed by atoms with E-state index in [9.17, 15) is 9.59 Å². The molecule has 0 aromatic heterocycles. The van der Waals surface area contributed by atoms with Crippen LogP contribution in [0.1, 0.15) is 207 Å². The Bertz CT molecular complexity index is 629. The number of hydrogen-bond acceptors (Lipinski definition) is 6. The molecule has 6 nitrogen and oxygen atoms in total. The Morgan fingerprint density at radius 2 is 0.913 bits per heavy atom. The molecule has 0 fully saturated rings. The van der Waals surface area contributed by atoms with Gasteiger partial charge in [0.05, 0.1) is 6.61 Å². The van der Waals surface area contributed by atoms with Crippen LogP contribution < -0.4 is 5.73 Å². The molecule has 46 heavy (non-hydrogen) atoms. The SMILES string of the molecule is CCCCCCCCC(CCCCCCCC)OC(=O)CCCCN(CCCN)CCCCCCCCCC(=O)OCCCCC. The lowest BCUT2D eigenvalue weighted by atomic mass is 10.0. The minimum atomic E-state index is -0.0262. The largest absolute Gasteiger partial charge is 0.466 e. The highest BCUT2D eigenvalue weighted by molar-refractivity contribution is 5.69. The molecule has 0 saturated heterocycles. The summed E-state index contributed by atoms with van der Waals surface area (Å²) >= 11 is 0. The van der Waals surface area contributed by atoms with Crippen LogP contribution in [0.3, 0.4) is 0 Å². The van der Waals surface area contributed by atoms with Crippen LogP contribution in [0.25, 0.3) is 0 Å². The van der Waals surface area contributed by atoms with E-state index in [1.165, 1.54) is 109 Å². The van der Waals surface area contributed by atoms with Gasteiger partial charge in [0.2, 0.25) is 0 Å². The van der Waals surface area contributed by atoms with Gasteiger partial charge in [-0.3, -0.25) is 9.59 Å². The van der Waals surface area contributed by atoms with Gasteiger partial charge >= 0.3 is 11.9 Å². The molecule has 0 atom stereocenters. The Hall–Kier alpha value is -1.14. The van der Waals surface area contributed by atoms with Crippen molar-refractivity contribution in [2.45, 2.75) is 213 Å². The lowest BCUT2D eigenvalue weighted by Gasteiger charge is -2.22. The fraction of sp³-hybridized carbons (Fsp3) is 0.950. The van der Waals surface area contributed by atoms with E-state index in [4.69, 9.17) is 15.2 Å². The van der Waals surface area contributed by atoms with E-state index in [-0.39, 0.29) is 18.0 Å². The number of hydrogen-bond donors (Lipinski definition) is 1. The molecule has 0 aromatic rings. The molecule has 0 radical (unpaired) electrons. The molecule has 0 unspecified atom stereocenters. The standard InChI is InChI=1S/C40H80N2O4/c1-4-7-10-12-17-21-29-38(30-22-18-13-11-8-5-2)46-40(44)32-24-26-35-42(36-28-33-41)34-25-20-16-14-15-19-23-31-39(43)45-37-27-9-6-3/h38H,4-37,41H2,1-3H3. The van der Waals surface area contributed by atoms with Crippen molar-refractivity contribution in [3.8, 4) is 0 Å². The maximum Gasteiger partial charge on any atom is 0.306 e. The smallest absolute Gasteiger partial charge is 0.306 e. The van der Waals surface area contributed by atoms with Crippen LogP contribution in [0.15, 0.2) is 0 Å². The molecule has 0 saturated carbocycles. The topological polar surface area (TPSA) is 81.9 Å². The summed E-state index contributed by atoms with van der Waals surface area (Å²) in [6, 6.07) is 0. The van der Waals surface area contributed by atoms with Crippen LogP contribution in [0.4, 0.5) is 0 Å². The molecule has 0 aromatic carbocycles. The molecular formula is C40H80N2O4. The first kappa shape index (κ1) is 44.9. The second-order valence-electron chi connectivity index (χ2n) is 13.8. The van der Waals surface area contributed by atoms with E-state index in [2.05, 4.69) is 25.7 Å². The number of carbonyl (C=O) groups is 2. The van der Waals surface area contributed by atoms with Gasteiger partial charge in [-0.15, -0.1) is 0 Å². The molecule has 0 spiro atoms. The number of esters is 2. The first-order valence-electron chi connectivity index (χ1n) is 20.3. The van der Waals surface area contributed by atoms with E-state index in [0.29, 0.717) is 19.4 Å². The summed E-state index contributed by atoms with van der Waals surface area (Å²) in [6.45, 7) is 11.2. The summed E-state index contributed by atoms with van der Waals surface area (Å²) in [6.07, 6.45) is 33.2. The number of ether oxygens (including phenoxy) is 2. The van der Waals surface area contributed by atoms with Gasteiger partial charge in [0.1, 0.15) is 6.10 Å². The molecule has 0 rings (SSSR count). The Morgan fingerprint density at radius 3 is 1.48 bits per heavy atom. The molecule has 0 aliphatic carbocycles. The van der Waals surface area contributed by atoms with Gasteiger partial charge in [0, 0.05) is 12.8 Å². The molecule has 0 aliphatic rings. The molecule has 0 amide bonds. The van der Waals surface area contributed by atoms with Crippen molar-refractivity contribution in [2.24, 2.45) is 5.73 Å². The maximum absolute atomic E-state index is 12.8. The van der Waals surface area contributed by atoms with Gasteiger partial charge in [-0.25, -0.2) is 0 Å². The molecular weight excluding hydrogens is 572 g/mol. The van der Waals surface area contributed by atoms with E-state index >= 15 is 0 Å². The molecule has 0 aliphatic heterocycles. The molecule has 6 heteroatoms. The molecule has 0 heterocycles. The van der Waals surface area contributed by atoms with E-state index in [1.54, 1.807) is 0 Å². The number of nitrogens with zero attached hydrogens (tertiary/aromatic N) is 1. The van der Waals surface area contributed by atoms with Crippen LogP contribution in [-0.4, -0.2) is 55.7 Å². The third kappa shape index (κ3) is 32.8. The lowest BCUT2D eigenvalue weighted by Crippen LogP contribution is -2.28. The van der Waals surface area contributed by atoms with Gasteiger partial charge in [0.25, 0.3) is 0 Å². The summed E-state index contributed by atoms with van der Waals surface area (Å²) in [4.78, 5) is 27.1. The Kier molecular flexibility index (Phi) is 35.8. The number of rotatable bonds is 37. The van der Waals surface area contributed by atoms with Gasteiger partial charge in [0.15, 0.2) is 0 Å². The van der Waals surface area contributed by atoms with E-state index in [1.807, 2.05) is 0 Å². The van der Waals surface area contributed by atoms with Crippen LogP contribution in [0, 0.1) is 0 Å². The second kappa shape index (κ2) is 36.7. The number of nitrogens with two attached hydrogens (primary N) is 1. The predicted molar refractivity (Wildman–Crippen MR) is 197 cm³/mol. The van der Waals surface area contributed by atoms with Crippen LogP contribution in [0.5, 0.6) is 0 Å². The zero-order valence-corrected chi connectivity index (χ0v) is 31.3. The van der Waals surface area contributed by atoms with E-state index in [0.717, 1.165) is 90.4 Å². The Balaban J connectivity index is 4.16. The Labute approximate surface area is 287 Å². The summed E-state index contributed by atoms with van der Waals surface area (Å²) in [5.41, 5.74) is 5.82. The highest BCUT2D eigenvalue weighted by Crippen LogP contribution is 2.18. The van der Waals surface area contributed by atoms with Crippen LogP contribution >= 0.6 is 0 Å². The zero-order chi connectivity index (χ0) is 33.8. The first-order valence-corrected chi connectivity index (χ1v) is 20.3. The average Bonchev–Trinajstić information content (AvgIpc) is 3.05.